The smallest absolute Gasteiger partial charge is 0.379 e. The number of hydrogen-bond donors (Lipinski definition) is 3. The van der Waals surface area contributed by atoms with Crippen molar-refractivity contribution in [3.8, 4) is 17.2 Å². The molecule has 1 fully saturated rings. The summed E-state index contributed by atoms with van der Waals surface area (Å²) in [5, 5.41) is 26.6. The standard InChI is InChI=1S/C40H38F3N3O4/c1-45-37(48)31-12-6-11-30(22-31)29-10-5-7-27(21-29)24-39(50,38(49)46-34-19-16-32(25-44)35(23-34)40(41,42)43)33-17-13-26(14-18-33)15-20-36(47)28-8-3-2-4-9-28/h2-12,16,19,21-23,26,33,50H,13-15,17-18,20,24H2,1H3,(H,45,48)(H,46,49). The average Bonchev–Trinajstić information content (AvgIpc) is 3.13. The molecule has 1 unspecified atom stereocenters. The molecule has 4 aromatic rings. The molecule has 10 heteroatoms. The largest absolute Gasteiger partial charge is 0.417 e. The van der Waals surface area contributed by atoms with Crippen LogP contribution in [0.1, 0.15) is 75.9 Å². The zero-order valence-corrected chi connectivity index (χ0v) is 27.6. The molecule has 5 rings (SSSR count). The van der Waals surface area contributed by atoms with Crippen LogP contribution < -0.4 is 10.6 Å². The van der Waals surface area contributed by atoms with Gasteiger partial charge < -0.3 is 15.7 Å². The first kappa shape index (κ1) is 36.0. The molecule has 1 saturated carbocycles. The molecule has 0 saturated heterocycles. The Morgan fingerprint density at radius 1 is 0.840 bits per heavy atom. The second-order valence-corrected chi connectivity index (χ2v) is 12.8. The summed E-state index contributed by atoms with van der Waals surface area (Å²) < 4.78 is 41.2. The Labute approximate surface area is 289 Å². The molecule has 0 bridgehead atoms. The first-order chi connectivity index (χ1) is 23.9. The number of anilines is 1. The number of aliphatic hydroxyl groups is 1. The Bertz CT molecular complexity index is 1900. The number of rotatable bonds is 11. The van der Waals surface area contributed by atoms with E-state index < -0.39 is 34.7 Å². The SMILES string of the molecule is CNC(=O)c1cccc(-c2cccc(CC(O)(C(=O)Nc3ccc(C#N)c(C(F)(F)F)c3)C3CCC(CCC(=O)c4ccccc4)CC3)c2)c1. The fraction of sp³-hybridized carbons (Fsp3) is 0.300. The molecular formula is C40H38F3N3O4. The molecule has 1 atom stereocenters. The first-order valence-corrected chi connectivity index (χ1v) is 16.6. The minimum absolute atomic E-state index is 0.0602. The predicted molar refractivity (Wildman–Crippen MR) is 184 cm³/mol. The van der Waals surface area contributed by atoms with Crippen LogP contribution in [0.2, 0.25) is 0 Å². The number of carbonyl (C=O) groups excluding carboxylic acids is 3. The summed E-state index contributed by atoms with van der Waals surface area (Å²) in [6.45, 7) is 0. The summed E-state index contributed by atoms with van der Waals surface area (Å²) in [5.74, 6) is -1.33. The quantitative estimate of drug-likeness (QED) is 0.139. The van der Waals surface area contributed by atoms with E-state index in [0.29, 0.717) is 61.3 Å². The van der Waals surface area contributed by atoms with Crippen LogP contribution in [0.5, 0.6) is 0 Å². The van der Waals surface area contributed by atoms with Crippen molar-refractivity contribution in [1.82, 2.24) is 5.32 Å². The topological polar surface area (TPSA) is 119 Å². The molecule has 3 N–H and O–H groups in total. The lowest BCUT2D eigenvalue weighted by Gasteiger charge is -2.39. The van der Waals surface area contributed by atoms with Crippen LogP contribution >= 0.6 is 0 Å². The molecule has 0 aliphatic heterocycles. The molecule has 0 heterocycles. The summed E-state index contributed by atoms with van der Waals surface area (Å²) in [6.07, 6.45) is -1.59. The molecule has 4 aromatic carbocycles. The Morgan fingerprint density at radius 2 is 1.50 bits per heavy atom. The molecule has 1 aliphatic carbocycles. The van der Waals surface area contributed by atoms with E-state index in [0.717, 1.165) is 17.2 Å². The minimum Gasteiger partial charge on any atom is -0.379 e. The lowest BCUT2D eigenvalue weighted by atomic mass is 9.70. The van der Waals surface area contributed by atoms with Crippen LogP contribution in [0.4, 0.5) is 18.9 Å². The van der Waals surface area contributed by atoms with Crippen molar-refractivity contribution < 1.29 is 32.7 Å². The number of alkyl halides is 3. The van der Waals surface area contributed by atoms with Crippen molar-refractivity contribution in [2.45, 2.75) is 56.7 Å². The Kier molecular flexibility index (Phi) is 11.2. The van der Waals surface area contributed by atoms with E-state index in [1.54, 1.807) is 49.5 Å². The summed E-state index contributed by atoms with van der Waals surface area (Å²) in [4.78, 5) is 39.0. The van der Waals surface area contributed by atoms with Crippen molar-refractivity contribution in [3.63, 3.8) is 0 Å². The fourth-order valence-electron chi connectivity index (χ4n) is 6.79. The van der Waals surface area contributed by atoms with Crippen LogP contribution in [-0.2, 0) is 17.4 Å². The first-order valence-electron chi connectivity index (χ1n) is 16.6. The van der Waals surface area contributed by atoms with Gasteiger partial charge in [0, 0.05) is 36.7 Å². The number of carbonyl (C=O) groups is 3. The van der Waals surface area contributed by atoms with Crippen molar-refractivity contribution in [3.05, 3.63) is 125 Å². The second kappa shape index (κ2) is 15.5. The molecular weight excluding hydrogens is 643 g/mol. The summed E-state index contributed by atoms with van der Waals surface area (Å²) in [5.41, 5.74) is -0.691. The Balaban J connectivity index is 1.39. The van der Waals surface area contributed by atoms with Gasteiger partial charge in [0.1, 0.15) is 5.60 Å². The van der Waals surface area contributed by atoms with E-state index in [-0.39, 0.29) is 29.7 Å². The summed E-state index contributed by atoms with van der Waals surface area (Å²) in [7, 11) is 1.54. The summed E-state index contributed by atoms with van der Waals surface area (Å²) >= 11 is 0. The Morgan fingerprint density at radius 3 is 2.16 bits per heavy atom. The molecule has 2 amide bonds. The summed E-state index contributed by atoms with van der Waals surface area (Å²) in [6, 6.07) is 27.8. The molecule has 1 aliphatic rings. The lowest BCUT2D eigenvalue weighted by Crippen LogP contribution is -2.52. The van der Waals surface area contributed by atoms with Gasteiger partial charge in [-0.1, -0.05) is 79.6 Å². The van der Waals surface area contributed by atoms with E-state index >= 15 is 0 Å². The highest BCUT2D eigenvalue weighted by Gasteiger charge is 2.45. The third kappa shape index (κ3) is 8.47. The number of halogens is 3. The highest BCUT2D eigenvalue weighted by atomic mass is 19.4. The molecule has 50 heavy (non-hydrogen) atoms. The lowest BCUT2D eigenvalue weighted by molar-refractivity contribution is -0.142. The van der Waals surface area contributed by atoms with Crippen LogP contribution in [-0.4, -0.2) is 35.4 Å². The third-order valence-electron chi connectivity index (χ3n) is 9.58. The zero-order chi connectivity index (χ0) is 35.9. The van der Waals surface area contributed by atoms with E-state index in [1.807, 2.05) is 36.4 Å². The van der Waals surface area contributed by atoms with Gasteiger partial charge in [-0.3, -0.25) is 14.4 Å². The highest BCUT2D eigenvalue weighted by molar-refractivity contribution is 5.98. The van der Waals surface area contributed by atoms with Gasteiger partial charge in [0.25, 0.3) is 11.8 Å². The van der Waals surface area contributed by atoms with Crippen LogP contribution in [0.25, 0.3) is 11.1 Å². The predicted octanol–water partition coefficient (Wildman–Crippen LogP) is 7.99. The number of hydrogen-bond acceptors (Lipinski definition) is 5. The van der Waals surface area contributed by atoms with Gasteiger partial charge in [-0.2, -0.15) is 18.4 Å². The Hall–Kier alpha value is -5.27. The van der Waals surface area contributed by atoms with E-state index in [1.165, 1.54) is 12.1 Å². The maximum absolute atomic E-state index is 14.0. The molecule has 258 valence electrons. The number of nitrogens with zero attached hydrogens (tertiary/aromatic N) is 1. The maximum Gasteiger partial charge on any atom is 0.417 e. The number of Topliss-reactive ketones (excluding diaryl/α,β-unsaturated/α-hetero) is 1. The van der Waals surface area contributed by atoms with Gasteiger partial charge >= 0.3 is 6.18 Å². The molecule has 0 radical (unpaired) electrons. The third-order valence-corrected chi connectivity index (χ3v) is 9.58. The number of benzene rings is 4. The fourth-order valence-corrected chi connectivity index (χ4v) is 6.79. The molecule has 0 aromatic heterocycles. The number of ketones is 1. The van der Waals surface area contributed by atoms with Crippen molar-refractivity contribution in [2.24, 2.45) is 11.8 Å². The minimum atomic E-state index is -4.82. The van der Waals surface area contributed by atoms with Crippen LogP contribution in [0, 0.1) is 23.2 Å². The van der Waals surface area contributed by atoms with Gasteiger partial charge in [0.05, 0.1) is 17.2 Å². The van der Waals surface area contributed by atoms with Crippen molar-refractivity contribution >= 4 is 23.3 Å². The van der Waals surface area contributed by atoms with Crippen LogP contribution in [0.15, 0.2) is 97.1 Å². The van der Waals surface area contributed by atoms with E-state index in [2.05, 4.69) is 10.6 Å². The molecule has 7 nitrogen and oxygen atoms in total. The van der Waals surface area contributed by atoms with Gasteiger partial charge in [-0.25, -0.2) is 0 Å². The highest BCUT2D eigenvalue weighted by Crippen LogP contribution is 2.41. The van der Waals surface area contributed by atoms with Gasteiger partial charge in [-0.15, -0.1) is 0 Å². The van der Waals surface area contributed by atoms with Gasteiger partial charge in [0.2, 0.25) is 0 Å². The van der Waals surface area contributed by atoms with Gasteiger partial charge in [-0.05, 0) is 78.1 Å². The van der Waals surface area contributed by atoms with Gasteiger partial charge in [0.15, 0.2) is 5.78 Å². The zero-order valence-electron chi connectivity index (χ0n) is 27.6. The normalized spacial score (nSPS) is 17.2. The van der Waals surface area contributed by atoms with Crippen LogP contribution in [0.3, 0.4) is 0 Å². The number of amides is 2. The van der Waals surface area contributed by atoms with Crippen molar-refractivity contribution in [1.29, 1.82) is 5.26 Å². The maximum atomic E-state index is 14.0. The number of nitriles is 1. The number of nitrogens with one attached hydrogen (secondary N) is 2. The second-order valence-electron chi connectivity index (χ2n) is 12.8. The van der Waals surface area contributed by atoms with E-state index in [9.17, 15) is 37.9 Å². The van der Waals surface area contributed by atoms with Crippen molar-refractivity contribution in [2.75, 3.05) is 12.4 Å². The van der Waals surface area contributed by atoms with E-state index in [4.69, 9.17) is 0 Å². The molecule has 0 spiro atoms. The average molecular weight is 682 g/mol. The monoisotopic (exact) mass is 681 g/mol.